The largest absolute Gasteiger partial charge is 0.277 e. The van der Waals surface area contributed by atoms with Gasteiger partial charge in [0.05, 0.1) is 25.2 Å². The molecule has 1 unspecified atom stereocenters. The molecule has 0 aliphatic rings. The molecule has 0 aromatic heterocycles. The number of thiol groups is 1. The summed E-state index contributed by atoms with van der Waals surface area (Å²) < 4.78 is 0. The van der Waals surface area contributed by atoms with Crippen LogP contribution in [0.1, 0.15) is 13.3 Å². The van der Waals surface area contributed by atoms with Gasteiger partial charge in [0.15, 0.2) is 0 Å². The molecule has 4 heteroatoms. The minimum Gasteiger partial charge on any atom is -0.277 e. The molecule has 0 fully saturated rings. The Morgan fingerprint density at radius 1 is 1.31 bits per heavy atom. The minimum atomic E-state index is 0.331. The molecule has 0 amide bonds. The van der Waals surface area contributed by atoms with Crippen LogP contribution in [0.15, 0.2) is 0 Å². The molecule has 1 atom stereocenters. The van der Waals surface area contributed by atoms with E-state index in [1.807, 2.05) is 4.90 Å². The van der Waals surface area contributed by atoms with Crippen molar-refractivity contribution < 1.29 is 0 Å². The normalized spacial score (nSPS) is 12.1. The Kier molecular flexibility index (Phi) is 7.48. The minimum absolute atomic E-state index is 0.331. The third-order valence-electron chi connectivity index (χ3n) is 1.94. The Bertz CT molecular complexity index is 184. The van der Waals surface area contributed by atoms with Gasteiger partial charge in [0.25, 0.3) is 0 Å². The smallest absolute Gasteiger partial charge is 0.0874 e. The molecular formula is C9H15N3S. The molecule has 3 nitrogen and oxygen atoms in total. The van der Waals surface area contributed by atoms with Crippen LogP contribution in [0.5, 0.6) is 0 Å². The maximum absolute atomic E-state index is 8.50. The third-order valence-corrected chi connectivity index (χ3v) is 2.46. The molecular weight excluding hydrogens is 182 g/mol. The van der Waals surface area contributed by atoms with Gasteiger partial charge in [-0.15, -0.1) is 0 Å². The van der Waals surface area contributed by atoms with Gasteiger partial charge in [-0.2, -0.15) is 23.2 Å². The zero-order valence-corrected chi connectivity index (χ0v) is 8.80. The lowest BCUT2D eigenvalue weighted by molar-refractivity contribution is 0.290. The van der Waals surface area contributed by atoms with E-state index in [0.717, 1.165) is 18.7 Å². The molecule has 0 aromatic rings. The van der Waals surface area contributed by atoms with Gasteiger partial charge < -0.3 is 0 Å². The summed E-state index contributed by atoms with van der Waals surface area (Å²) in [6, 6.07) is 4.11. The Hall–Kier alpha value is -0.710. The zero-order chi connectivity index (χ0) is 10.1. The maximum atomic E-state index is 8.50. The van der Waals surface area contributed by atoms with Gasteiger partial charge in [-0.05, 0) is 11.7 Å². The van der Waals surface area contributed by atoms with E-state index < -0.39 is 0 Å². The van der Waals surface area contributed by atoms with Gasteiger partial charge in [-0.25, -0.2) is 0 Å². The topological polar surface area (TPSA) is 50.8 Å². The van der Waals surface area contributed by atoms with Gasteiger partial charge in [0.2, 0.25) is 0 Å². The van der Waals surface area contributed by atoms with Crippen molar-refractivity contribution in [3.05, 3.63) is 0 Å². The third kappa shape index (κ3) is 5.52. The predicted octanol–water partition coefficient (Wildman–Crippen LogP) is 1.29. The van der Waals surface area contributed by atoms with Gasteiger partial charge in [0.1, 0.15) is 0 Å². The zero-order valence-electron chi connectivity index (χ0n) is 7.90. The van der Waals surface area contributed by atoms with E-state index in [1.54, 1.807) is 0 Å². The molecule has 0 aromatic carbocycles. The van der Waals surface area contributed by atoms with Crippen LogP contribution in [0.2, 0.25) is 0 Å². The Balaban J connectivity index is 3.94. The highest BCUT2D eigenvalue weighted by molar-refractivity contribution is 7.80. The molecule has 72 valence electrons. The highest BCUT2D eigenvalue weighted by atomic mass is 32.1. The molecule has 0 bridgehead atoms. The fourth-order valence-electron chi connectivity index (χ4n) is 1.07. The molecule has 13 heavy (non-hydrogen) atoms. The summed E-state index contributed by atoms with van der Waals surface area (Å²) in [5.41, 5.74) is 0. The lowest BCUT2D eigenvalue weighted by atomic mass is 10.1. The lowest BCUT2D eigenvalue weighted by Gasteiger charge is -2.20. The summed E-state index contributed by atoms with van der Waals surface area (Å²) in [6.07, 6.45) is 1.04. The second-order valence-electron chi connectivity index (χ2n) is 2.94. The molecule has 0 saturated heterocycles. The summed E-state index contributed by atoms with van der Waals surface area (Å²) in [6.45, 7) is 3.55. The predicted molar refractivity (Wildman–Crippen MR) is 55.3 cm³/mol. The van der Waals surface area contributed by atoms with Crippen molar-refractivity contribution >= 4 is 12.6 Å². The maximum Gasteiger partial charge on any atom is 0.0874 e. The molecule has 0 aliphatic carbocycles. The summed E-state index contributed by atoms with van der Waals surface area (Å²) >= 11 is 4.21. The summed E-state index contributed by atoms with van der Waals surface area (Å²) in [5.74, 6) is 1.29. The highest BCUT2D eigenvalue weighted by Gasteiger charge is 2.10. The number of rotatable bonds is 6. The number of hydrogen-bond donors (Lipinski definition) is 1. The van der Waals surface area contributed by atoms with Crippen molar-refractivity contribution in [3.63, 3.8) is 0 Å². The summed E-state index contributed by atoms with van der Waals surface area (Å²) in [5, 5.41) is 17.0. The van der Waals surface area contributed by atoms with E-state index in [9.17, 15) is 0 Å². The average Bonchev–Trinajstić information content (AvgIpc) is 2.14. The summed E-state index contributed by atoms with van der Waals surface area (Å²) in [4.78, 5) is 1.85. The fourth-order valence-corrected chi connectivity index (χ4v) is 1.44. The summed E-state index contributed by atoms with van der Waals surface area (Å²) in [7, 11) is 0. The monoisotopic (exact) mass is 197 g/mol. The van der Waals surface area contributed by atoms with Crippen LogP contribution >= 0.6 is 12.6 Å². The van der Waals surface area contributed by atoms with Crippen molar-refractivity contribution in [1.29, 1.82) is 10.5 Å². The fraction of sp³-hybridized carbons (Fsp3) is 0.778. The molecule has 0 rings (SSSR count). The second kappa shape index (κ2) is 7.91. The lowest BCUT2D eigenvalue weighted by Crippen LogP contribution is -2.30. The van der Waals surface area contributed by atoms with Crippen LogP contribution in [0, 0.1) is 28.6 Å². The first kappa shape index (κ1) is 12.3. The molecule has 0 spiro atoms. The highest BCUT2D eigenvalue weighted by Crippen LogP contribution is 2.06. The quantitative estimate of drug-likeness (QED) is 0.515. The van der Waals surface area contributed by atoms with Crippen molar-refractivity contribution in [2.75, 3.05) is 25.4 Å². The van der Waals surface area contributed by atoms with Crippen molar-refractivity contribution in [2.45, 2.75) is 13.3 Å². The van der Waals surface area contributed by atoms with Crippen molar-refractivity contribution in [1.82, 2.24) is 4.90 Å². The van der Waals surface area contributed by atoms with Gasteiger partial charge in [-0.1, -0.05) is 13.3 Å². The number of nitriles is 2. The molecule has 0 heterocycles. The van der Waals surface area contributed by atoms with Crippen LogP contribution in [0.4, 0.5) is 0 Å². The van der Waals surface area contributed by atoms with E-state index in [-0.39, 0.29) is 0 Å². The molecule has 0 saturated carbocycles. The van der Waals surface area contributed by atoms with Crippen molar-refractivity contribution in [2.24, 2.45) is 5.92 Å². The Labute approximate surface area is 85.4 Å². The Morgan fingerprint density at radius 2 is 1.85 bits per heavy atom. The SMILES string of the molecule is CCC(CS)CN(CC#N)CC#N. The van der Waals surface area contributed by atoms with Gasteiger partial charge in [0, 0.05) is 6.54 Å². The van der Waals surface area contributed by atoms with E-state index in [0.29, 0.717) is 19.0 Å². The van der Waals surface area contributed by atoms with Crippen LogP contribution in [0.25, 0.3) is 0 Å². The van der Waals surface area contributed by atoms with E-state index in [2.05, 4.69) is 31.7 Å². The molecule has 0 N–H and O–H groups in total. The van der Waals surface area contributed by atoms with E-state index >= 15 is 0 Å². The average molecular weight is 197 g/mol. The number of nitrogens with zero attached hydrogens (tertiary/aromatic N) is 3. The van der Waals surface area contributed by atoms with Gasteiger partial charge in [-0.3, -0.25) is 4.90 Å². The van der Waals surface area contributed by atoms with Crippen LogP contribution in [0.3, 0.4) is 0 Å². The van der Waals surface area contributed by atoms with Crippen LogP contribution in [-0.4, -0.2) is 30.3 Å². The van der Waals surface area contributed by atoms with Crippen molar-refractivity contribution in [3.8, 4) is 12.1 Å². The van der Waals surface area contributed by atoms with Crippen LogP contribution in [-0.2, 0) is 0 Å². The second-order valence-corrected chi connectivity index (χ2v) is 3.31. The first-order valence-corrected chi connectivity index (χ1v) is 4.98. The first-order valence-electron chi connectivity index (χ1n) is 4.35. The molecule has 0 radical (unpaired) electrons. The first-order chi connectivity index (χ1) is 6.28. The Morgan fingerprint density at radius 3 is 2.15 bits per heavy atom. The standard InChI is InChI=1S/C9H15N3S/c1-2-9(8-13)7-12(5-3-10)6-4-11/h9,13H,2,5-8H2,1H3. The van der Waals surface area contributed by atoms with E-state index in [4.69, 9.17) is 10.5 Å². The van der Waals surface area contributed by atoms with E-state index in [1.165, 1.54) is 0 Å². The number of hydrogen-bond acceptors (Lipinski definition) is 4. The van der Waals surface area contributed by atoms with Gasteiger partial charge >= 0.3 is 0 Å². The molecule has 0 aliphatic heterocycles. The van der Waals surface area contributed by atoms with Crippen LogP contribution < -0.4 is 0 Å².